The molecule has 0 aliphatic carbocycles. The quantitative estimate of drug-likeness (QED) is 0.592. The van der Waals surface area contributed by atoms with Crippen LogP contribution in [0.2, 0.25) is 0 Å². The topological polar surface area (TPSA) is 35.5 Å². The van der Waals surface area contributed by atoms with Crippen LogP contribution in [0, 0.1) is 13.8 Å². The Kier molecular flexibility index (Phi) is 3.63. The average Bonchev–Trinajstić information content (AvgIpc) is 2.35. The molecule has 0 aliphatic heterocycles. The number of carbonyl (C=O) groups excluding carboxylic acids is 1. The maximum atomic E-state index is 11.5. The fourth-order valence-corrected chi connectivity index (χ4v) is 1.43. The molecule has 92 valence electrons. The highest BCUT2D eigenvalue weighted by Crippen LogP contribution is 2.15. The standard InChI is InChI=1S/C15H14O3/c1-11-3-7-13(8-4-11)17-15(16)18-14-9-5-12(2)6-10-14/h3-10H,1-2H3. The molecule has 0 aromatic heterocycles. The van der Waals surface area contributed by atoms with E-state index in [-0.39, 0.29) is 0 Å². The number of rotatable bonds is 2. The number of carbonyl (C=O) groups is 1. The van der Waals surface area contributed by atoms with E-state index in [1.807, 2.05) is 38.1 Å². The first-order valence-electron chi connectivity index (χ1n) is 5.66. The average molecular weight is 242 g/mol. The van der Waals surface area contributed by atoms with Crippen molar-refractivity contribution in [1.29, 1.82) is 0 Å². The zero-order chi connectivity index (χ0) is 13.0. The maximum absolute atomic E-state index is 11.5. The molecule has 0 saturated carbocycles. The van der Waals surface area contributed by atoms with E-state index in [0.717, 1.165) is 11.1 Å². The molecule has 0 amide bonds. The first-order valence-corrected chi connectivity index (χ1v) is 5.66. The van der Waals surface area contributed by atoms with Crippen molar-refractivity contribution in [1.82, 2.24) is 0 Å². The molecule has 0 N–H and O–H groups in total. The summed E-state index contributed by atoms with van der Waals surface area (Å²) in [5.41, 5.74) is 2.21. The van der Waals surface area contributed by atoms with Crippen molar-refractivity contribution in [3.63, 3.8) is 0 Å². The minimum absolute atomic E-state index is 0.470. The Balaban J connectivity index is 1.96. The summed E-state index contributed by atoms with van der Waals surface area (Å²) in [7, 11) is 0. The SMILES string of the molecule is Cc1ccc(OC(=O)Oc2ccc(C)cc2)cc1. The van der Waals surface area contributed by atoms with Gasteiger partial charge in [0, 0.05) is 0 Å². The minimum atomic E-state index is -0.734. The van der Waals surface area contributed by atoms with Crippen molar-refractivity contribution >= 4 is 6.16 Å². The molecule has 3 nitrogen and oxygen atoms in total. The second kappa shape index (κ2) is 5.36. The van der Waals surface area contributed by atoms with E-state index in [9.17, 15) is 4.79 Å². The molecule has 0 heterocycles. The van der Waals surface area contributed by atoms with Crippen LogP contribution in [0.4, 0.5) is 4.79 Å². The lowest BCUT2D eigenvalue weighted by atomic mass is 10.2. The largest absolute Gasteiger partial charge is 0.519 e. The minimum Gasteiger partial charge on any atom is -0.395 e. The molecule has 2 aromatic carbocycles. The molecule has 0 spiro atoms. The molecule has 0 fully saturated rings. The lowest BCUT2D eigenvalue weighted by Gasteiger charge is -2.05. The summed E-state index contributed by atoms with van der Waals surface area (Å²) >= 11 is 0. The highest BCUT2D eigenvalue weighted by atomic mass is 16.7. The lowest BCUT2D eigenvalue weighted by Crippen LogP contribution is -2.13. The second-order valence-electron chi connectivity index (χ2n) is 4.08. The first-order chi connectivity index (χ1) is 8.63. The van der Waals surface area contributed by atoms with E-state index in [1.54, 1.807) is 24.3 Å². The molecule has 0 aliphatic rings. The Bertz CT molecular complexity index is 477. The summed E-state index contributed by atoms with van der Waals surface area (Å²) in [5, 5.41) is 0. The van der Waals surface area contributed by atoms with Gasteiger partial charge in [0.2, 0.25) is 0 Å². The van der Waals surface area contributed by atoms with Crippen LogP contribution < -0.4 is 9.47 Å². The zero-order valence-electron chi connectivity index (χ0n) is 10.3. The van der Waals surface area contributed by atoms with Gasteiger partial charge in [0.05, 0.1) is 0 Å². The van der Waals surface area contributed by atoms with Gasteiger partial charge in [-0.15, -0.1) is 0 Å². The molecule has 18 heavy (non-hydrogen) atoms. The van der Waals surface area contributed by atoms with Crippen molar-refractivity contribution in [3.05, 3.63) is 59.7 Å². The highest BCUT2D eigenvalue weighted by Gasteiger charge is 2.07. The Morgan fingerprint density at radius 2 is 1.06 bits per heavy atom. The predicted octanol–water partition coefficient (Wildman–Crippen LogP) is 3.88. The zero-order valence-corrected chi connectivity index (χ0v) is 10.3. The van der Waals surface area contributed by atoms with Gasteiger partial charge in [-0.3, -0.25) is 0 Å². The van der Waals surface area contributed by atoms with Crippen LogP contribution in [0.5, 0.6) is 11.5 Å². The van der Waals surface area contributed by atoms with Gasteiger partial charge in [-0.25, -0.2) is 4.79 Å². The van der Waals surface area contributed by atoms with Crippen LogP contribution in [-0.2, 0) is 0 Å². The molecule has 3 heteroatoms. The van der Waals surface area contributed by atoms with Gasteiger partial charge in [-0.1, -0.05) is 35.4 Å². The summed E-state index contributed by atoms with van der Waals surface area (Å²) in [6.45, 7) is 3.93. The smallest absolute Gasteiger partial charge is 0.395 e. The highest BCUT2D eigenvalue weighted by molar-refractivity contribution is 5.67. The third-order valence-corrected chi connectivity index (χ3v) is 2.44. The first kappa shape index (κ1) is 12.2. The van der Waals surface area contributed by atoms with E-state index in [1.165, 1.54) is 0 Å². The van der Waals surface area contributed by atoms with E-state index >= 15 is 0 Å². The van der Waals surface area contributed by atoms with Crippen LogP contribution in [0.3, 0.4) is 0 Å². The van der Waals surface area contributed by atoms with Crippen LogP contribution in [0.15, 0.2) is 48.5 Å². The fraction of sp³-hybridized carbons (Fsp3) is 0.133. The molecule has 0 radical (unpaired) electrons. The number of benzene rings is 2. The Morgan fingerprint density at radius 3 is 1.39 bits per heavy atom. The van der Waals surface area contributed by atoms with E-state index in [4.69, 9.17) is 9.47 Å². The molecule has 0 bridgehead atoms. The van der Waals surface area contributed by atoms with Gasteiger partial charge in [0.25, 0.3) is 0 Å². The molecular formula is C15H14O3. The van der Waals surface area contributed by atoms with Gasteiger partial charge < -0.3 is 9.47 Å². The molecule has 0 unspecified atom stereocenters. The normalized spacial score (nSPS) is 9.89. The van der Waals surface area contributed by atoms with E-state index < -0.39 is 6.16 Å². The second-order valence-corrected chi connectivity index (χ2v) is 4.08. The third kappa shape index (κ3) is 3.35. The summed E-state index contributed by atoms with van der Waals surface area (Å²) < 4.78 is 10.1. The van der Waals surface area contributed by atoms with Crippen molar-refractivity contribution in [2.45, 2.75) is 13.8 Å². The Hall–Kier alpha value is -2.29. The predicted molar refractivity (Wildman–Crippen MR) is 69.0 cm³/mol. The van der Waals surface area contributed by atoms with E-state index in [2.05, 4.69) is 0 Å². The molecule has 2 rings (SSSR count). The number of ether oxygens (including phenoxy) is 2. The van der Waals surface area contributed by atoms with Crippen LogP contribution in [-0.4, -0.2) is 6.16 Å². The van der Waals surface area contributed by atoms with Crippen LogP contribution in [0.25, 0.3) is 0 Å². The van der Waals surface area contributed by atoms with Gasteiger partial charge in [-0.05, 0) is 38.1 Å². The number of aryl methyl sites for hydroxylation is 2. The van der Waals surface area contributed by atoms with Crippen molar-refractivity contribution < 1.29 is 14.3 Å². The van der Waals surface area contributed by atoms with Gasteiger partial charge in [-0.2, -0.15) is 0 Å². The third-order valence-electron chi connectivity index (χ3n) is 2.44. The molecule has 0 atom stereocenters. The lowest BCUT2D eigenvalue weighted by molar-refractivity contribution is 0.152. The summed E-state index contributed by atoms with van der Waals surface area (Å²) in [6.07, 6.45) is -0.734. The summed E-state index contributed by atoms with van der Waals surface area (Å²) in [4.78, 5) is 11.5. The van der Waals surface area contributed by atoms with Gasteiger partial charge >= 0.3 is 6.16 Å². The van der Waals surface area contributed by atoms with Gasteiger partial charge in [0.1, 0.15) is 11.5 Å². The van der Waals surface area contributed by atoms with Crippen molar-refractivity contribution in [3.8, 4) is 11.5 Å². The molecular weight excluding hydrogens is 228 g/mol. The summed E-state index contributed by atoms with van der Waals surface area (Å²) in [5.74, 6) is 0.940. The fourth-order valence-electron chi connectivity index (χ4n) is 1.43. The molecule has 2 aromatic rings. The van der Waals surface area contributed by atoms with Crippen molar-refractivity contribution in [2.75, 3.05) is 0 Å². The number of hydrogen-bond acceptors (Lipinski definition) is 3. The Labute approximate surface area is 106 Å². The summed E-state index contributed by atoms with van der Waals surface area (Å²) in [6, 6.07) is 14.4. The Morgan fingerprint density at radius 1 is 0.722 bits per heavy atom. The molecule has 0 saturated heterocycles. The van der Waals surface area contributed by atoms with Gasteiger partial charge in [0.15, 0.2) is 0 Å². The monoisotopic (exact) mass is 242 g/mol. The number of hydrogen-bond donors (Lipinski definition) is 0. The van der Waals surface area contributed by atoms with Crippen LogP contribution in [0.1, 0.15) is 11.1 Å². The maximum Gasteiger partial charge on any atom is 0.519 e. The van der Waals surface area contributed by atoms with Crippen LogP contribution >= 0.6 is 0 Å². The van der Waals surface area contributed by atoms with E-state index in [0.29, 0.717) is 11.5 Å². The van der Waals surface area contributed by atoms with Crippen molar-refractivity contribution in [2.24, 2.45) is 0 Å².